The molecule has 2 N–H and O–H groups in total. The summed E-state index contributed by atoms with van der Waals surface area (Å²) < 4.78 is 5.13. The predicted molar refractivity (Wildman–Crippen MR) is 116 cm³/mol. The van der Waals surface area contributed by atoms with Crippen molar-refractivity contribution in [1.82, 2.24) is 15.6 Å². The second-order valence-corrected chi connectivity index (χ2v) is 6.84. The van der Waals surface area contributed by atoms with E-state index in [1.165, 1.54) is 16.0 Å². The van der Waals surface area contributed by atoms with E-state index >= 15 is 0 Å². The number of ether oxygens (including phenoxy) is 1. The minimum absolute atomic E-state index is 0. The molecule has 7 heteroatoms. The highest BCUT2D eigenvalue weighted by Gasteiger charge is 2.05. The minimum atomic E-state index is 0. The Hall–Kier alpha value is -1.19. The number of hydrogen-bond acceptors (Lipinski definition) is 4. The summed E-state index contributed by atoms with van der Waals surface area (Å²) in [5, 5.41) is 7.70. The average Bonchev–Trinajstić information content (AvgIpc) is 2.90. The van der Waals surface area contributed by atoms with E-state index in [0.717, 1.165) is 23.2 Å². The standard InChI is InChI=1S/C18H26N4OS.HI/c1-5-19-18(21-11-17-22-13(2)14(3)24-17)20-10-15-6-8-16(9-7-15)12-23-4;/h6-9H,5,10-12H2,1-4H3,(H2,19,20,21);1H. The van der Waals surface area contributed by atoms with Crippen LogP contribution < -0.4 is 10.6 Å². The smallest absolute Gasteiger partial charge is 0.191 e. The van der Waals surface area contributed by atoms with Crippen LogP contribution in [0.2, 0.25) is 0 Å². The fourth-order valence-corrected chi connectivity index (χ4v) is 3.07. The lowest BCUT2D eigenvalue weighted by Gasteiger charge is -2.10. The Morgan fingerprint density at radius 2 is 1.84 bits per heavy atom. The number of halogens is 1. The Morgan fingerprint density at radius 3 is 2.40 bits per heavy atom. The van der Waals surface area contributed by atoms with E-state index in [0.29, 0.717) is 19.7 Å². The summed E-state index contributed by atoms with van der Waals surface area (Å²) in [6.07, 6.45) is 0. The van der Waals surface area contributed by atoms with Crippen LogP contribution in [0.5, 0.6) is 0 Å². The summed E-state index contributed by atoms with van der Waals surface area (Å²) in [6.45, 7) is 9.00. The third kappa shape index (κ3) is 7.29. The van der Waals surface area contributed by atoms with Crippen molar-refractivity contribution in [1.29, 1.82) is 0 Å². The van der Waals surface area contributed by atoms with Crippen LogP contribution in [-0.2, 0) is 24.4 Å². The highest BCUT2D eigenvalue weighted by Crippen LogP contribution is 2.15. The minimum Gasteiger partial charge on any atom is -0.380 e. The molecule has 2 aromatic rings. The maximum absolute atomic E-state index is 5.13. The average molecular weight is 474 g/mol. The molecule has 1 aromatic carbocycles. The van der Waals surface area contributed by atoms with Gasteiger partial charge < -0.3 is 15.4 Å². The van der Waals surface area contributed by atoms with E-state index < -0.39 is 0 Å². The van der Waals surface area contributed by atoms with E-state index in [-0.39, 0.29) is 24.0 Å². The van der Waals surface area contributed by atoms with Crippen molar-refractivity contribution in [2.45, 2.75) is 40.5 Å². The molecule has 1 heterocycles. The molecule has 0 radical (unpaired) electrons. The van der Waals surface area contributed by atoms with Gasteiger partial charge in [0.1, 0.15) is 5.01 Å². The summed E-state index contributed by atoms with van der Waals surface area (Å²) >= 11 is 1.73. The third-order valence-electron chi connectivity index (χ3n) is 3.58. The normalized spacial score (nSPS) is 11.1. The molecule has 0 unspecified atom stereocenters. The molecule has 0 amide bonds. The van der Waals surface area contributed by atoms with Gasteiger partial charge in [0.05, 0.1) is 25.4 Å². The van der Waals surface area contributed by atoms with Gasteiger partial charge in [-0.1, -0.05) is 24.3 Å². The zero-order chi connectivity index (χ0) is 17.4. The molecule has 0 saturated heterocycles. The Morgan fingerprint density at radius 1 is 1.16 bits per heavy atom. The molecule has 0 aliphatic rings. The van der Waals surface area contributed by atoms with Crippen LogP contribution in [0.1, 0.15) is 33.6 Å². The number of nitrogens with zero attached hydrogens (tertiary/aromatic N) is 2. The predicted octanol–water partition coefficient (Wildman–Crippen LogP) is 3.78. The first-order valence-electron chi connectivity index (χ1n) is 8.14. The van der Waals surface area contributed by atoms with Crippen LogP contribution in [-0.4, -0.2) is 24.6 Å². The SMILES string of the molecule is CCNC(=NCc1ccc(COC)cc1)NCc1nc(C)c(C)s1.I. The van der Waals surface area contributed by atoms with Crippen LogP contribution in [0.4, 0.5) is 0 Å². The first-order valence-corrected chi connectivity index (χ1v) is 8.95. The van der Waals surface area contributed by atoms with Crippen molar-refractivity contribution >= 4 is 41.3 Å². The van der Waals surface area contributed by atoms with Gasteiger partial charge in [0.2, 0.25) is 0 Å². The molecule has 2 rings (SSSR count). The van der Waals surface area contributed by atoms with Gasteiger partial charge in [0, 0.05) is 18.5 Å². The molecule has 0 aliphatic carbocycles. The first-order chi connectivity index (χ1) is 11.6. The summed E-state index contributed by atoms with van der Waals surface area (Å²) in [5.74, 6) is 0.809. The molecule has 138 valence electrons. The van der Waals surface area contributed by atoms with Crippen molar-refractivity contribution < 1.29 is 4.74 Å². The fraction of sp³-hybridized carbons (Fsp3) is 0.444. The van der Waals surface area contributed by atoms with Crippen molar-refractivity contribution in [3.63, 3.8) is 0 Å². The van der Waals surface area contributed by atoms with E-state index in [1.54, 1.807) is 18.4 Å². The number of aliphatic imine (C=N–C) groups is 1. The highest BCUT2D eigenvalue weighted by atomic mass is 127. The zero-order valence-electron chi connectivity index (χ0n) is 15.3. The number of hydrogen-bond donors (Lipinski definition) is 2. The molecular formula is C18H27IN4OS. The third-order valence-corrected chi connectivity index (χ3v) is 4.65. The van der Waals surface area contributed by atoms with Gasteiger partial charge in [-0.25, -0.2) is 9.98 Å². The topological polar surface area (TPSA) is 58.5 Å². The lowest BCUT2D eigenvalue weighted by molar-refractivity contribution is 0.185. The van der Waals surface area contributed by atoms with Crippen LogP contribution in [0, 0.1) is 13.8 Å². The molecule has 5 nitrogen and oxygen atoms in total. The quantitative estimate of drug-likeness (QED) is 0.365. The largest absolute Gasteiger partial charge is 0.380 e. The van der Waals surface area contributed by atoms with E-state index in [9.17, 15) is 0 Å². The Kier molecular flexibility index (Phi) is 9.99. The number of benzene rings is 1. The number of aromatic nitrogens is 1. The molecule has 0 atom stereocenters. The highest BCUT2D eigenvalue weighted by molar-refractivity contribution is 14.0. The molecule has 0 aliphatic heterocycles. The summed E-state index contributed by atoms with van der Waals surface area (Å²) in [4.78, 5) is 10.5. The van der Waals surface area contributed by atoms with Gasteiger partial charge in [0.15, 0.2) is 5.96 Å². The number of thiazole rings is 1. The van der Waals surface area contributed by atoms with Crippen LogP contribution in [0.25, 0.3) is 0 Å². The second-order valence-electron chi connectivity index (χ2n) is 5.55. The first kappa shape index (κ1) is 21.9. The Balaban J connectivity index is 0.00000312. The molecule has 1 aromatic heterocycles. The zero-order valence-corrected chi connectivity index (χ0v) is 18.4. The van der Waals surface area contributed by atoms with E-state index in [4.69, 9.17) is 4.74 Å². The van der Waals surface area contributed by atoms with Crippen LogP contribution >= 0.6 is 35.3 Å². The second kappa shape index (κ2) is 11.4. The fourth-order valence-electron chi connectivity index (χ4n) is 2.19. The number of guanidine groups is 1. The monoisotopic (exact) mass is 474 g/mol. The maximum atomic E-state index is 5.13. The lowest BCUT2D eigenvalue weighted by atomic mass is 10.1. The van der Waals surface area contributed by atoms with Gasteiger partial charge in [-0.05, 0) is 31.9 Å². The number of nitrogens with one attached hydrogen (secondary N) is 2. The van der Waals surface area contributed by atoms with Gasteiger partial charge in [-0.2, -0.15) is 0 Å². The lowest BCUT2D eigenvalue weighted by Crippen LogP contribution is -2.36. The summed E-state index contributed by atoms with van der Waals surface area (Å²) in [7, 11) is 1.71. The van der Waals surface area contributed by atoms with Crippen molar-refractivity contribution in [2.24, 2.45) is 4.99 Å². The maximum Gasteiger partial charge on any atom is 0.191 e. The summed E-state index contributed by atoms with van der Waals surface area (Å²) in [6, 6.07) is 8.34. The van der Waals surface area contributed by atoms with E-state index in [2.05, 4.69) is 58.7 Å². The van der Waals surface area contributed by atoms with Crippen molar-refractivity contribution in [3.8, 4) is 0 Å². The van der Waals surface area contributed by atoms with Crippen molar-refractivity contribution in [2.75, 3.05) is 13.7 Å². The number of methoxy groups -OCH3 is 1. The Labute approximate surface area is 171 Å². The molecule has 0 bridgehead atoms. The molecule has 0 fully saturated rings. The van der Waals surface area contributed by atoms with Crippen molar-refractivity contribution in [3.05, 3.63) is 51.0 Å². The van der Waals surface area contributed by atoms with Gasteiger partial charge in [-0.3, -0.25) is 0 Å². The summed E-state index contributed by atoms with van der Waals surface area (Å²) in [5.41, 5.74) is 3.45. The number of rotatable bonds is 7. The molecular weight excluding hydrogens is 447 g/mol. The number of aryl methyl sites for hydroxylation is 2. The van der Waals surface area contributed by atoms with Crippen LogP contribution in [0.15, 0.2) is 29.3 Å². The van der Waals surface area contributed by atoms with Crippen LogP contribution in [0.3, 0.4) is 0 Å². The van der Waals surface area contributed by atoms with E-state index in [1.807, 2.05) is 6.92 Å². The van der Waals surface area contributed by atoms with Gasteiger partial charge >= 0.3 is 0 Å². The molecule has 0 spiro atoms. The molecule has 0 saturated carbocycles. The van der Waals surface area contributed by atoms with Gasteiger partial charge in [-0.15, -0.1) is 35.3 Å². The Bertz CT molecular complexity index is 651. The van der Waals surface area contributed by atoms with Gasteiger partial charge in [0.25, 0.3) is 0 Å². The molecule has 25 heavy (non-hydrogen) atoms.